The number of carbonyl (C=O) groups excluding carboxylic acids is 1. The molecule has 0 heterocycles. The van der Waals surface area contributed by atoms with Gasteiger partial charge in [-0.1, -0.05) is 0 Å². The van der Waals surface area contributed by atoms with Crippen LogP contribution in [-0.2, 0) is 19.4 Å². The number of amides is 1. The SMILES string of the molecule is COCCC1CCC(C(=O)NO)(S(C)(=O)=O)CC1. The van der Waals surface area contributed by atoms with Crippen molar-refractivity contribution in [2.24, 2.45) is 5.92 Å². The number of hydrogen-bond acceptors (Lipinski definition) is 5. The highest BCUT2D eigenvalue weighted by Gasteiger charge is 2.49. The summed E-state index contributed by atoms with van der Waals surface area (Å²) in [4.78, 5) is 11.7. The summed E-state index contributed by atoms with van der Waals surface area (Å²) in [5.74, 6) is -0.429. The Morgan fingerprint density at radius 3 is 2.39 bits per heavy atom. The van der Waals surface area contributed by atoms with E-state index >= 15 is 0 Å². The van der Waals surface area contributed by atoms with Gasteiger partial charge < -0.3 is 4.74 Å². The van der Waals surface area contributed by atoms with Crippen LogP contribution in [0.1, 0.15) is 32.1 Å². The van der Waals surface area contributed by atoms with Gasteiger partial charge in [0.25, 0.3) is 5.91 Å². The molecule has 0 aromatic heterocycles. The number of nitrogens with one attached hydrogen (secondary N) is 1. The minimum atomic E-state index is -3.55. The third kappa shape index (κ3) is 3.02. The Kier molecular flexibility index (Phi) is 5.12. The fourth-order valence-electron chi connectivity index (χ4n) is 2.59. The number of methoxy groups -OCH3 is 1. The van der Waals surface area contributed by atoms with Gasteiger partial charge in [-0.3, -0.25) is 10.0 Å². The maximum Gasteiger partial charge on any atom is 0.264 e. The van der Waals surface area contributed by atoms with Crippen LogP contribution in [0.2, 0.25) is 0 Å². The van der Waals surface area contributed by atoms with E-state index in [-0.39, 0.29) is 12.8 Å². The van der Waals surface area contributed by atoms with Crippen molar-refractivity contribution in [3.8, 4) is 0 Å². The van der Waals surface area contributed by atoms with Crippen molar-refractivity contribution in [3.63, 3.8) is 0 Å². The smallest absolute Gasteiger partial charge is 0.264 e. The van der Waals surface area contributed by atoms with Crippen LogP contribution in [-0.4, -0.2) is 44.3 Å². The topological polar surface area (TPSA) is 92.7 Å². The summed E-state index contributed by atoms with van der Waals surface area (Å²) in [5.41, 5.74) is 1.50. The summed E-state index contributed by atoms with van der Waals surface area (Å²) in [6, 6.07) is 0. The molecule has 0 aromatic rings. The Balaban J connectivity index is 2.78. The summed E-state index contributed by atoms with van der Waals surface area (Å²) in [5, 5.41) is 8.74. The van der Waals surface area contributed by atoms with E-state index in [1.807, 2.05) is 0 Å². The normalized spacial score (nSPS) is 28.9. The molecular weight excluding hydrogens is 258 g/mol. The number of rotatable bonds is 5. The monoisotopic (exact) mass is 279 g/mol. The van der Waals surface area contributed by atoms with Gasteiger partial charge in [-0.2, -0.15) is 0 Å². The molecule has 0 aromatic carbocycles. The lowest BCUT2D eigenvalue weighted by atomic mass is 9.79. The van der Waals surface area contributed by atoms with Crippen molar-refractivity contribution >= 4 is 15.7 Å². The first-order valence-corrected chi connectivity index (χ1v) is 7.89. The van der Waals surface area contributed by atoms with Crippen molar-refractivity contribution in [2.45, 2.75) is 36.9 Å². The predicted octanol–water partition coefficient (Wildman–Crippen LogP) is 0.502. The largest absolute Gasteiger partial charge is 0.385 e. The first-order valence-electron chi connectivity index (χ1n) is 6.00. The molecule has 6 nitrogen and oxygen atoms in total. The maximum absolute atomic E-state index is 11.8. The van der Waals surface area contributed by atoms with E-state index in [9.17, 15) is 13.2 Å². The average Bonchev–Trinajstić information content (AvgIpc) is 2.34. The van der Waals surface area contributed by atoms with Crippen molar-refractivity contribution in [1.29, 1.82) is 0 Å². The van der Waals surface area contributed by atoms with Crippen molar-refractivity contribution in [2.75, 3.05) is 20.0 Å². The maximum atomic E-state index is 11.8. The molecule has 1 fully saturated rings. The molecule has 106 valence electrons. The average molecular weight is 279 g/mol. The van der Waals surface area contributed by atoms with E-state index in [0.717, 1.165) is 12.7 Å². The standard InChI is InChI=1S/C11H21NO5S/c1-17-8-5-9-3-6-11(7-4-9,10(13)12-14)18(2,15)16/h9,14H,3-8H2,1-2H3,(H,12,13). The zero-order chi connectivity index (χ0) is 13.8. The Hall–Kier alpha value is -0.660. The first-order chi connectivity index (χ1) is 8.37. The van der Waals surface area contributed by atoms with Crippen LogP contribution in [0.3, 0.4) is 0 Å². The lowest BCUT2D eigenvalue weighted by Gasteiger charge is -2.36. The molecule has 0 bridgehead atoms. The van der Waals surface area contributed by atoms with Gasteiger partial charge in [-0.15, -0.1) is 0 Å². The molecule has 1 aliphatic carbocycles. The van der Waals surface area contributed by atoms with Crippen LogP contribution >= 0.6 is 0 Å². The van der Waals surface area contributed by atoms with Crippen LogP contribution in [0.25, 0.3) is 0 Å². The van der Waals surface area contributed by atoms with E-state index in [2.05, 4.69) is 0 Å². The molecule has 1 aliphatic rings. The van der Waals surface area contributed by atoms with E-state index < -0.39 is 20.5 Å². The molecule has 2 N–H and O–H groups in total. The summed E-state index contributed by atoms with van der Waals surface area (Å²) in [6.07, 6.45) is 3.75. The second kappa shape index (κ2) is 5.99. The highest BCUT2D eigenvalue weighted by atomic mass is 32.2. The third-order valence-electron chi connectivity index (χ3n) is 3.87. The van der Waals surface area contributed by atoms with Gasteiger partial charge in [-0.25, -0.2) is 13.9 Å². The van der Waals surface area contributed by atoms with Crippen molar-refractivity contribution in [1.82, 2.24) is 5.48 Å². The summed E-state index contributed by atoms with van der Waals surface area (Å²) in [6.45, 7) is 0.642. The second-order valence-electron chi connectivity index (χ2n) is 4.93. The first kappa shape index (κ1) is 15.4. The van der Waals surface area contributed by atoms with Crippen molar-refractivity contribution < 1.29 is 23.2 Å². The lowest BCUT2D eigenvalue weighted by molar-refractivity contribution is -0.133. The molecule has 18 heavy (non-hydrogen) atoms. The van der Waals surface area contributed by atoms with Crippen LogP contribution in [0.5, 0.6) is 0 Å². The fraction of sp³-hybridized carbons (Fsp3) is 0.909. The van der Waals surface area contributed by atoms with E-state index in [1.165, 1.54) is 5.48 Å². The van der Waals surface area contributed by atoms with Gasteiger partial charge in [0.1, 0.15) is 0 Å². The third-order valence-corrected chi connectivity index (χ3v) is 5.88. The van der Waals surface area contributed by atoms with Crippen LogP contribution < -0.4 is 5.48 Å². The zero-order valence-corrected chi connectivity index (χ0v) is 11.6. The van der Waals surface area contributed by atoms with Gasteiger partial charge in [0.2, 0.25) is 0 Å². The zero-order valence-electron chi connectivity index (χ0n) is 10.8. The van der Waals surface area contributed by atoms with Gasteiger partial charge in [0, 0.05) is 20.0 Å². The Morgan fingerprint density at radius 2 is 2.00 bits per heavy atom. The van der Waals surface area contributed by atoms with E-state index in [0.29, 0.717) is 25.4 Å². The Morgan fingerprint density at radius 1 is 1.44 bits per heavy atom. The Labute approximate surface area is 108 Å². The van der Waals surface area contributed by atoms with Crippen LogP contribution in [0.4, 0.5) is 0 Å². The predicted molar refractivity (Wildman–Crippen MR) is 66.0 cm³/mol. The van der Waals surface area contributed by atoms with Gasteiger partial charge in [0.05, 0.1) is 0 Å². The molecule has 1 amide bonds. The molecule has 0 spiro atoms. The summed E-state index contributed by atoms with van der Waals surface area (Å²) in [7, 11) is -1.92. The highest BCUT2D eigenvalue weighted by molar-refractivity contribution is 7.92. The molecule has 0 aliphatic heterocycles. The highest BCUT2D eigenvalue weighted by Crippen LogP contribution is 2.39. The molecule has 7 heteroatoms. The van der Waals surface area contributed by atoms with E-state index in [1.54, 1.807) is 7.11 Å². The molecule has 0 radical (unpaired) electrons. The fourth-order valence-corrected chi connectivity index (χ4v) is 3.94. The molecular formula is C11H21NO5S. The minimum Gasteiger partial charge on any atom is -0.385 e. The molecule has 0 saturated heterocycles. The lowest BCUT2D eigenvalue weighted by Crippen LogP contribution is -2.53. The number of carbonyl (C=O) groups is 1. The van der Waals surface area contributed by atoms with Gasteiger partial charge >= 0.3 is 0 Å². The quantitative estimate of drug-likeness (QED) is 0.565. The molecule has 1 saturated carbocycles. The van der Waals surface area contributed by atoms with E-state index in [4.69, 9.17) is 9.94 Å². The number of sulfone groups is 1. The van der Waals surface area contributed by atoms with Gasteiger partial charge in [0.15, 0.2) is 14.6 Å². The molecule has 0 unspecified atom stereocenters. The van der Waals surface area contributed by atoms with Crippen LogP contribution in [0.15, 0.2) is 0 Å². The minimum absolute atomic E-state index is 0.257. The summed E-state index contributed by atoms with van der Waals surface area (Å²) >= 11 is 0. The van der Waals surface area contributed by atoms with Crippen LogP contribution in [0, 0.1) is 5.92 Å². The number of hydroxylamine groups is 1. The van der Waals surface area contributed by atoms with Gasteiger partial charge in [-0.05, 0) is 38.0 Å². The van der Waals surface area contributed by atoms with Crippen molar-refractivity contribution in [3.05, 3.63) is 0 Å². The summed E-state index contributed by atoms with van der Waals surface area (Å²) < 4.78 is 27.2. The molecule has 0 atom stereocenters. The second-order valence-corrected chi connectivity index (χ2v) is 7.26. The Bertz CT molecular complexity index is 384. The molecule has 1 rings (SSSR count). The number of hydrogen-bond donors (Lipinski definition) is 2. The number of ether oxygens (including phenoxy) is 1.